The van der Waals surface area contributed by atoms with Gasteiger partial charge in [0.25, 0.3) is 0 Å². The predicted molar refractivity (Wildman–Crippen MR) is 68.9 cm³/mol. The van der Waals surface area contributed by atoms with Crippen molar-refractivity contribution >= 4 is 11.9 Å². The van der Waals surface area contributed by atoms with Gasteiger partial charge >= 0.3 is 5.97 Å². The summed E-state index contributed by atoms with van der Waals surface area (Å²) in [4.78, 5) is 22.2. The van der Waals surface area contributed by atoms with Crippen LogP contribution in [0.2, 0.25) is 0 Å². The molecule has 1 aromatic carbocycles. The first kappa shape index (κ1) is 14.2. The molecular weight excluding hydrogens is 230 g/mol. The fourth-order valence-electron chi connectivity index (χ4n) is 1.79. The van der Waals surface area contributed by atoms with E-state index in [9.17, 15) is 9.59 Å². The van der Waals surface area contributed by atoms with Crippen molar-refractivity contribution in [3.63, 3.8) is 0 Å². The number of carboxylic acid groups (broad SMARTS) is 1. The lowest BCUT2D eigenvalue weighted by Gasteiger charge is -2.20. The Balaban J connectivity index is 2.41. The Morgan fingerprint density at radius 1 is 1.22 bits per heavy atom. The molecule has 0 bridgehead atoms. The summed E-state index contributed by atoms with van der Waals surface area (Å²) in [6.07, 6.45) is 2.68. The third-order valence-corrected chi connectivity index (χ3v) is 3.25. The summed E-state index contributed by atoms with van der Waals surface area (Å²) in [6.45, 7) is 1.39. The number of carbonyl (C=O) groups excluding carboxylic acids is 1. The number of nitrogens with two attached hydrogens (primary N) is 1. The maximum atomic E-state index is 11.2. The standard InChI is InChI=1S/C14H19NO3/c1-14(12(15)16,13(17)18)10-6-5-9-11-7-3-2-4-8-11/h2-4,7-8H,5-6,9-10H2,1H3,(H2,15,16)(H,17,18). The molecule has 1 rings (SSSR count). The van der Waals surface area contributed by atoms with Crippen molar-refractivity contribution in [3.8, 4) is 0 Å². The molecule has 1 atom stereocenters. The number of primary amides is 1. The van der Waals surface area contributed by atoms with Gasteiger partial charge in [-0.2, -0.15) is 0 Å². The van der Waals surface area contributed by atoms with Gasteiger partial charge in [0, 0.05) is 0 Å². The van der Waals surface area contributed by atoms with Crippen LogP contribution in [0, 0.1) is 5.41 Å². The largest absolute Gasteiger partial charge is 0.480 e. The van der Waals surface area contributed by atoms with Crippen LogP contribution in [0.3, 0.4) is 0 Å². The molecule has 0 aromatic heterocycles. The third-order valence-electron chi connectivity index (χ3n) is 3.25. The van der Waals surface area contributed by atoms with Gasteiger partial charge in [-0.15, -0.1) is 0 Å². The van der Waals surface area contributed by atoms with Crippen LogP contribution in [-0.4, -0.2) is 17.0 Å². The Bertz CT molecular complexity index is 400. The van der Waals surface area contributed by atoms with Crippen molar-refractivity contribution in [1.82, 2.24) is 0 Å². The Kier molecular flexibility index (Phi) is 4.89. The minimum atomic E-state index is -1.45. The number of carbonyl (C=O) groups is 2. The van der Waals surface area contributed by atoms with Gasteiger partial charge in [0.15, 0.2) is 0 Å². The minimum absolute atomic E-state index is 0.282. The number of unbranched alkanes of at least 4 members (excludes halogenated alkanes) is 1. The van der Waals surface area contributed by atoms with E-state index in [2.05, 4.69) is 0 Å². The number of hydrogen-bond donors (Lipinski definition) is 2. The summed E-state index contributed by atoms with van der Waals surface area (Å²) in [5.41, 5.74) is 4.91. The molecule has 3 N–H and O–H groups in total. The second-order valence-corrected chi connectivity index (χ2v) is 4.69. The minimum Gasteiger partial charge on any atom is -0.480 e. The van der Waals surface area contributed by atoms with Gasteiger partial charge in [-0.25, -0.2) is 0 Å². The lowest BCUT2D eigenvalue weighted by molar-refractivity contribution is -0.154. The molecular formula is C14H19NO3. The Hall–Kier alpha value is -1.84. The normalized spacial score (nSPS) is 13.8. The summed E-state index contributed by atoms with van der Waals surface area (Å²) >= 11 is 0. The highest BCUT2D eigenvalue weighted by atomic mass is 16.4. The van der Waals surface area contributed by atoms with Crippen molar-refractivity contribution in [2.75, 3.05) is 0 Å². The molecule has 0 radical (unpaired) electrons. The van der Waals surface area contributed by atoms with E-state index in [0.717, 1.165) is 12.8 Å². The molecule has 0 saturated heterocycles. The number of carboxylic acids is 1. The third kappa shape index (κ3) is 3.58. The SMILES string of the molecule is CC(CCCCc1ccccc1)(C(N)=O)C(=O)O. The molecule has 0 spiro atoms. The van der Waals surface area contributed by atoms with E-state index in [1.165, 1.54) is 12.5 Å². The fourth-order valence-corrected chi connectivity index (χ4v) is 1.79. The number of aryl methyl sites for hydroxylation is 1. The number of aliphatic carboxylic acids is 1. The summed E-state index contributed by atoms with van der Waals surface area (Å²) in [7, 11) is 0. The molecule has 98 valence electrons. The van der Waals surface area contributed by atoms with Gasteiger partial charge in [-0.3, -0.25) is 9.59 Å². The van der Waals surface area contributed by atoms with Gasteiger partial charge in [-0.05, 0) is 31.7 Å². The lowest BCUT2D eigenvalue weighted by Crippen LogP contribution is -2.41. The second kappa shape index (κ2) is 6.19. The zero-order valence-corrected chi connectivity index (χ0v) is 10.6. The maximum absolute atomic E-state index is 11.2. The predicted octanol–water partition coefficient (Wildman–Crippen LogP) is 1.98. The molecule has 4 nitrogen and oxygen atoms in total. The molecule has 0 saturated carbocycles. The number of rotatable bonds is 7. The van der Waals surface area contributed by atoms with Crippen LogP contribution in [0.1, 0.15) is 31.7 Å². The number of hydrogen-bond acceptors (Lipinski definition) is 2. The zero-order chi connectivity index (χ0) is 13.6. The van der Waals surface area contributed by atoms with Crippen molar-refractivity contribution in [1.29, 1.82) is 0 Å². The number of amides is 1. The molecule has 18 heavy (non-hydrogen) atoms. The Morgan fingerprint density at radius 3 is 2.33 bits per heavy atom. The summed E-state index contributed by atoms with van der Waals surface area (Å²) in [5, 5.41) is 9.02. The summed E-state index contributed by atoms with van der Waals surface area (Å²) in [5.74, 6) is -1.91. The van der Waals surface area contributed by atoms with Crippen molar-refractivity contribution in [3.05, 3.63) is 35.9 Å². The molecule has 1 aromatic rings. The molecule has 0 aliphatic rings. The first-order chi connectivity index (χ1) is 8.47. The zero-order valence-electron chi connectivity index (χ0n) is 10.6. The van der Waals surface area contributed by atoms with Crippen LogP contribution >= 0.6 is 0 Å². The maximum Gasteiger partial charge on any atom is 0.318 e. The first-order valence-corrected chi connectivity index (χ1v) is 6.04. The summed E-state index contributed by atoms with van der Waals surface area (Å²) in [6, 6.07) is 9.97. The monoisotopic (exact) mass is 249 g/mol. The van der Waals surface area contributed by atoms with E-state index >= 15 is 0 Å². The summed E-state index contributed by atoms with van der Waals surface area (Å²) < 4.78 is 0. The topological polar surface area (TPSA) is 80.4 Å². The average molecular weight is 249 g/mol. The van der Waals surface area contributed by atoms with Crippen LogP contribution in [0.5, 0.6) is 0 Å². The fraction of sp³-hybridized carbons (Fsp3) is 0.429. The van der Waals surface area contributed by atoms with Crippen LogP contribution < -0.4 is 5.73 Å². The lowest BCUT2D eigenvalue weighted by atomic mass is 9.84. The smallest absolute Gasteiger partial charge is 0.318 e. The van der Waals surface area contributed by atoms with Gasteiger partial charge in [0.1, 0.15) is 5.41 Å². The molecule has 0 heterocycles. The van der Waals surface area contributed by atoms with Crippen molar-refractivity contribution in [2.24, 2.45) is 11.1 Å². The van der Waals surface area contributed by atoms with Crippen LogP contribution in [-0.2, 0) is 16.0 Å². The van der Waals surface area contributed by atoms with E-state index in [0.29, 0.717) is 6.42 Å². The average Bonchev–Trinajstić information content (AvgIpc) is 2.35. The van der Waals surface area contributed by atoms with Gasteiger partial charge in [0.05, 0.1) is 0 Å². The van der Waals surface area contributed by atoms with E-state index < -0.39 is 17.3 Å². The van der Waals surface area contributed by atoms with Gasteiger partial charge in [0.2, 0.25) is 5.91 Å². The quantitative estimate of drug-likeness (QED) is 0.572. The van der Waals surface area contributed by atoms with E-state index in [1.807, 2.05) is 30.3 Å². The van der Waals surface area contributed by atoms with Crippen LogP contribution in [0.4, 0.5) is 0 Å². The highest BCUT2D eigenvalue weighted by Crippen LogP contribution is 2.24. The molecule has 1 amide bonds. The second-order valence-electron chi connectivity index (χ2n) is 4.69. The number of benzene rings is 1. The van der Waals surface area contributed by atoms with Crippen molar-refractivity contribution in [2.45, 2.75) is 32.6 Å². The molecule has 0 aliphatic heterocycles. The van der Waals surface area contributed by atoms with E-state index in [-0.39, 0.29) is 6.42 Å². The molecule has 4 heteroatoms. The molecule has 0 fully saturated rings. The van der Waals surface area contributed by atoms with Crippen molar-refractivity contribution < 1.29 is 14.7 Å². The Morgan fingerprint density at radius 2 is 1.83 bits per heavy atom. The highest BCUT2D eigenvalue weighted by Gasteiger charge is 2.38. The molecule has 0 aliphatic carbocycles. The molecule has 1 unspecified atom stereocenters. The van der Waals surface area contributed by atoms with Crippen LogP contribution in [0.15, 0.2) is 30.3 Å². The highest BCUT2D eigenvalue weighted by molar-refractivity contribution is 6.00. The van der Waals surface area contributed by atoms with E-state index in [4.69, 9.17) is 10.8 Å². The van der Waals surface area contributed by atoms with E-state index in [1.54, 1.807) is 0 Å². The van der Waals surface area contributed by atoms with Gasteiger partial charge in [-0.1, -0.05) is 36.8 Å². The van der Waals surface area contributed by atoms with Gasteiger partial charge < -0.3 is 10.8 Å². The first-order valence-electron chi connectivity index (χ1n) is 6.04. The Labute approximate surface area is 107 Å². The van der Waals surface area contributed by atoms with Crippen LogP contribution in [0.25, 0.3) is 0 Å².